The molecule has 0 saturated heterocycles. The van der Waals surface area contributed by atoms with Crippen LogP contribution < -0.4 is 10.1 Å². The molecular formula is C16H24ClNO. The van der Waals surface area contributed by atoms with Crippen molar-refractivity contribution in [2.24, 2.45) is 0 Å². The van der Waals surface area contributed by atoms with Crippen LogP contribution in [0, 0.1) is 6.92 Å². The number of benzene rings is 1. The van der Waals surface area contributed by atoms with E-state index in [1.807, 2.05) is 6.07 Å². The van der Waals surface area contributed by atoms with Gasteiger partial charge in [0.1, 0.15) is 11.9 Å². The van der Waals surface area contributed by atoms with E-state index in [0.717, 1.165) is 35.7 Å². The molecule has 1 aromatic rings. The van der Waals surface area contributed by atoms with Crippen LogP contribution in [0.25, 0.3) is 0 Å². The van der Waals surface area contributed by atoms with Crippen LogP contribution in [-0.4, -0.2) is 18.7 Å². The Kier molecular flexibility index (Phi) is 4.75. The molecule has 3 heteroatoms. The maximum Gasteiger partial charge on any atom is 0.123 e. The fourth-order valence-corrected chi connectivity index (χ4v) is 2.97. The van der Waals surface area contributed by atoms with Gasteiger partial charge in [-0.25, -0.2) is 0 Å². The third-order valence-electron chi connectivity index (χ3n) is 3.80. The van der Waals surface area contributed by atoms with Crippen LogP contribution in [0.4, 0.5) is 0 Å². The van der Waals surface area contributed by atoms with Crippen LogP contribution in [0.5, 0.6) is 5.75 Å². The monoisotopic (exact) mass is 281 g/mol. The van der Waals surface area contributed by atoms with E-state index in [1.165, 1.54) is 5.56 Å². The van der Waals surface area contributed by atoms with Crippen molar-refractivity contribution in [2.75, 3.05) is 6.54 Å². The van der Waals surface area contributed by atoms with Crippen molar-refractivity contribution in [1.29, 1.82) is 0 Å². The fraction of sp³-hybridized carbons (Fsp3) is 0.625. The molecule has 106 valence electrons. The summed E-state index contributed by atoms with van der Waals surface area (Å²) in [5, 5.41) is 4.30. The van der Waals surface area contributed by atoms with Crippen LogP contribution in [-0.2, 0) is 0 Å². The summed E-state index contributed by atoms with van der Waals surface area (Å²) in [5.41, 5.74) is 2.30. The third-order valence-corrected chi connectivity index (χ3v) is 4.12. The summed E-state index contributed by atoms with van der Waals surface area (Å²) in [7, 11) is 0. The molecule has 0 atom stereocenters. The summed E-state index contributed by atoms with van der Waals surface area (Å²) in [5.74, 6) is 1.42. The fourth-order valence-electron chi connectivity index (χ4n) is 2.53. The molecule has 19 heavy (non-hydrogen) atoms. The van der Waals surface area contributed by atoms with E-state index < -0.39 is 0 Å². The van der Waals surface area contributed by atoms with Gasteiger partial charge in [-0.3, -0.25) is 0 Å². The Bertz CT molecular complexity index is 439. The van der Waals surface area contributed by atoms with Gasteiger partial charge in [0.15, 0.2) is 0 Å². The lowest BCUT2D eigenvalue weighted by Crippen LogP contribution is -2.46. The predicted molar refractivity (Wildman–Crippen MR) is 81.4 cm³/mol. The first-order valence-corrected chi connectivity index (χ1v) is 7.59. The molecule has 0 amide bonds. The normalized spacial score (nSPS) is 22.4. The van der Waals surface area contributed by atoms with E-state index in [4.69, 9.17) is 16.3 Å². The minimum absolute atomic E-state index is 0.351. The van der Waals surface area contributed by atoms with E-state index in [-0.39, 0.29) is 0 Å². The topological polar surface area (TPSA) is 21.3 Å². The van der Waals surface area contributed by atoms with Crippen LogP contribution >= 0.6 is 11.6 Å². The Morgan fingerprint density at radius 3 is 2.63 bits per heavy atom. The number of halogens is 1. The van der Waals surface area contributed by atoms with Gasteiger partial charge in [0, 0.05) is 11.1 Å². The average molecular weight is 282 g/mol. The molecule has 2 rings (SSSR count). The molecule has 1 aliphatic rings. The van der Waals surface area contributed by atoms with Crippen LogP contribution in [0.2, 0.25) is 5.02 Å². The van der Waals surface area contributed by atoms with Crippen molar-refractivity contribution in [1.82, 2.24) is 5.32 Å². The van der Waals surface area contributed by atoms with E-state index >= 15 is 0 Å². The zero-order valence-electron chi connectivity index (χ0n) is 12.3. The van der Waals surface area contributed by atoms with Crippen molar-refractivity contribution < 1.29 is 4.74 Å². The number of ether oxygens (including phenoxy) is 1. The van der Waals surface area contributed by atoms with Gasteiger partial charge in [-0.15, -0.1) is 0 Å². The molecule has 0 bridgehead atoms. The van der Waals surface area contributed by atoms with E-state index in [1.54, 1.807) is 0 Å². The molecular weight excluding hydrogens is 258 g/mol. The molecule has 0 aromatic heterocycles. The average Bonchev–Trinajstić information content (AvgIpc) is 2.28. The zero-order valence-corrected chi connectivity index (χ0v) is 13.1. The van der Waals surface area contributed by atoms with Gasteiger partial charge in [0.25, 0.3) is 0 Å². The van der Waals surface area contributed by atoms with Crippen molar-refractivity contribution in [2.45, 2.75) is 58.6 Å². The molecule has 0 radical (unpaired) electrons. The molecule has 0 heterocycles. The standard InChI is InChI=1S/C16H24ClNO/c1-5-18-12-7-13(8-12)19-16-9-14(10(2)3)15(17)6-11(16)4/h6,9-10,12-13,18H,5,7-8H2,1-4H3. The molecule has 1 aliphatic carbocycles. The van der Waals surface area contributed by atoms with E-state index in [9.17, 15) is 0 Å². The third kappa shape index (κ3) is 3.43. The predicted octanol–water partition coefficient (Wildman–Crippen LogP) is 4.29. The number of hydrogen-bond donors (Lipinski definition) is 1. The lowest BCUT2D eigenvalue weighted by atomic mass is 9.89. The molecule has 0 unspecified atom stereocenters. The van der Waals surface area contributed by atoms with Gasteiger partial charge in [-0.2, -0.15) is 0 Å². The number of aryl methyl sites for hydroxylation is 1. The summed E-state index contributed by atoms with van der Waals surface area (Å²) >= 11 is 6.28. The number of hydrogen-bond acceptors (Lipinski definition) is 2. The number of rotatable bonds is 5. The van der Waals surface area contributed by atoms with Crippen molar-refractivity contribution in [3.8, 4) is 5.75 Å². The second-order valence-electron chi connectivity index (χ2n) is 5.76. The minimum atomic E-state index is 0.351. The van der Waals surface area contributed by atoms with Crippen molar-refractivity contribution in [3.63, 3.8) is 0 Å². The van der Waals surface area contributed by atoms with Gasteiger partial charge in [0.2, 0.25) is 0 Å². The second kappa shape index (κ2) is 6.15. The first-order valence-electron chi connectivity index (χ1n) is 7.21. The summed E-state index contributed by atoms with van der Waals surface area (Å²) < 4.78 is 6.10. The Balaban J connectivity index is 2.03. The van der Waals surface area contributed by atoms with Crippen LogP contribution in [0.1, 0.15) is 50.7 Å². The molecule has 0 spiro atoms. The quantitative estimate of drug-likeness (QED) is 0.869. The summed E-state index contributed by atoms with van der Waals surface area (Å²) in [6.07, 6.45) is 2.56. The molecule has 0 aliphatic heterocycles. The summed E-state index contributed by atoms with van der Waals surface area (Å²) in [4.78, 5) is 0. The minimum Gasteiger partial charge on any atom is -0.490 e. The lowest BCUT2D eigenvalue weighted by molar-refractivity contribution is 0.0852. The smallest absolute Gasteiger partial charge is 0.123 e. The van der Waals surface area contributed by atoms with E-state index in [0.29, 0.717) is 18.1 Å². The Morgan fingerprint density at radius 1 is 1.37 bits per heavy atom. The molecule has 1 aromatic carbocycles. The van der Waals surface area contributed by atoms with Crippen LogP contribution in [0.3, 0.4) is 0 Å². The molecule has 1 N–H and O–H groups in total. The first kappa shape index (κ1) is 14.7. The molecule has 2 nitrogen and oxygen atoms in total. The lowest BCUT2D eigenvalue weighted by Gasteiger charge is -2.36. The first-order chi connectivity index (χ1) is 9.01. The van der Waals surface area contributed by atoms with Crippen molar-refractivity contribution in [3.05, 3.63) is 28.3 Å². The van der Waals surface area contributed by atoms with Gasteiger partial charge in [-0.05, 0) is 55.5 Å². The molecule has 1 fully saturated rings. The Hall–Kier alpha value is -0.730. The largest absolute Gasteiger partial charge is 0.490 e. The van der Waals surface area contributed by atoms with Crippen LogP contribution in [0.15, 0.2) is 12.1 Å². The van der Waals surface area contributed by atoms with Gasteiger partial charge in [0.05, 0.1) is 0 Å². The second-order valence-corrected chi connectivity index (χ2v) is 6.17. The summed E-state index contributed by atoms with van der Waals surface area (Å²) in [6, 6.07) is 4.77. The highest BCUT2D eigenvalue weighted by atomic mass is 35.5. The highest BCUT2D eigenvalue weighted by molar-refractivity contribution is 6.31. The van der Waals surface area contributed by atoms with Gasteiger partial charge in [-0.1, -0.05) is 32.4 Å². The summed E-state index contributed by atoms with van der Waals surface area (Å²) in [6.45, 7) is 9.56. The highest BCUT2D eigenvalue weighted by Crippen LogP contribution is 2.34. The van der Waals surface area contributed by atoms with Crippen molar-refractivity contribution >= 4 is 11.6 Å². The number of nitrogens with one attached hydrogen (secondary N) is 1. The maximum absolute atomic E-state index is 6.28. The highest BCUT2D eigenvalue weighted by Gasteiger charge is 2.30. The van der Waals surface area contributed by atoms with Gasteiger partial charge >= 0.3 is 0 Å². The zero-order chi connectivity index (χ0) is 14.0. The maximum atomic E-state index is 6.28. The van der Waals surface area contributed by atoms with E-state index in [2.05, 4.69) is 39.1 Å². The SMILES string of the molecule is CCNC1CC(Oc2cc(C(C)C)c(Cl)cc2C)C1. The van der Waals surface area contributed by atoms with Gasteiger partial charge < -0.3 is 10.1 Å². The Morgan fingerprint density at radius 2 is 2.05 bits per heavy atom. The Labute approximate surface area is 121 Å². The molecule has 1 saturated carbocycles.